The van der Waals surface area contributed by atoms with Crippen molar-refractivity contribution in [1.82, 2.24) is 15.5 Å². The highest BCUT2D eigenvalue weighted by molar-refractivity contribution is 7.07. The molecule has 6 nitrogen and oxygen atoms in total. The number of benzene rings is 1. The van der Waals surface area contributed by atoms with E-state index in [1.807, 2.05) is 24.3 Å². The van der Waals surface area contributed by atoms with Crippen molar-refractivity contribution < 1.29 is 14.3 Å². The summed E-state index contributed by atoms with van der Waals surface area (Å²) in [5.74, 6) is 0.840. The number of carbonyl (C=O) groups is 1. The second-order valence-electron chi connectivity index (χ2n) is 6.46. The highest BCUT2D eigenvalue weighted by Crippen LogP contribution is 2.23. The molecule has 0 aliphatic carbocycles. The van der Waals surface area contributed by atoms with Crippen LogP contribution in [0.25, 0.3) is 0 Å². The lowest BCUT2D eigenvalue weighted by Gasteiger charge is -2.34. The van der Waals surface area contributed by atoms with Crippen molar-refractivity contribution >= 4 is 17.4 Å². The second-order valence-corrected chi connectivity index (χ2v) is 7.24. The van der Waals surface area contributed by atoms with E-state index in [9.17, 15) is 4.79 Å². The van der Waals surface area contributed by atoms with Crippen LogP contribution in [0, 0.1) is 0 Å². The van der Waals surface area contributed by atoms with Gasteiger partial charge in [0.05, 0.1) is 26.4 Å². The Morgan fingerprint density at radius 3 is 2.67 bits per heavy atom. The molecule has 1 unspecified atom stereocenters. The first-order valence-corrected chi connectivity index (χ1v) is 10.2. The summed E-state index contributed by atoms with van der Waals surface area (Å²) in [6.07, 6.45) is 0.787. The fourth-order valence-corrected chi connectivity index (χ4v) is 3.88. The number of hydrogen-bond acceptors (Lipinski definition) is 5. The van der Waals surface area contributed by atoms with Gasteiger partial charge in [-0.3, -0.25) is 4.90 Å². The van der Waals surface area contributed by atoms with Gasteiger partial charge in [-0.15, -0.1) is 0 Å². The van der Waals surface area contributed by atoms with Crippen LogP contribution in [0.1, 0.15) is 17.2 Å². The zero-order valence-corrected chi connectivity index (χ0v) is 16.5. The number of thiophene rings is 1. The fraction of sp³-hybridized carbons (Fsp3) is 0.450. The van der Waals surface area contributed by atoms with Crippen LogP contribution in [-0.4, -0.2) is 57.4 Å². The lowest BCUT2D eigenvalue weighted by atomic mass is 10.1. The van der Waals surface area contributed by atoms with Gasteiger partial charge >= 0.3 is 6.03 Å². The molecule has 1 fully saturated rings. The van der Waals surface area contributed by atoms with Gasteiger partial charge in [0.1, 0.15) is 5.75 Å². The Labute approximate surface area is 164 Å². The smallest absolute Gasteiger partial charge is 0.314 e. The van der Waals surface area contributed by atoms with E-state index >= 15 is 0 Å². The van der Waals surface area contributed by atoms with Crippen LogP contribution < -0.4 is 15.4 Å². The van der Waals surface area contributed by atoms with Crippen LogP contribution in [0.4, 0.5) is 4.79 Å². The maximum atomic E-state index is 12.2. The highest BCUT2D eigenvalue weighted by atomic mass is 32.1. The van der Waals surface area contributed by atoms with Crippen molar-refractivity contribution in [1.29, 1.82) is 0 Å². The third kappa shape index (κ3) is 5.95. The summed E-state index contributed by atoms with van der Waals surface area (Å²) in [6.45, 7) is 4.45. The predicted molar refractivity (Wildman–Crippen MR) is 108 cm³/mol. The van der Waals surface area contributed by atoms with Crippen molar-refractivity contribution in [2.45, 2.75) is 12.5 Å². The first kappa shape index (κ1) is 19.7. The maximum absolute atomic E-state index is 12.2. The number of rotatable bonds is 8. The quantitative estimate of drug-likeness (QED) is 0.729. The first-order valence-electron chi connectivity index (χ1n) is 9.25. The summed E-state index contributed by atoms with van der Waals surface area (Å²) < 4.78 is 10.6. The molecule has 1 aromatic carbocycles. The number of urea groups is 1. The molecule has 0 bridgehead atoms. The third-order valence-corrected chi connectivity index (χ3v) is 5.43. The molecule has 1 atom stereocenters. The number of amides is 2. The minimum absolute atomic E-state index is 0.128. The number of nitrogens with one attached hydrogen (secondary N) is 2. The van der Waals surface area contributed by atoms with Crippen LogP contribution in [-0.2, 0) is 11.2 Å². The van der Waals surface area contributed by atoms with E-state index in [0.717, 1.165) is 38.5 Å². The predicted octanol–water partition coefficient (Wildman–Crippen LogP) is 2.67. The molecule has 3 rings (SSSR count). The van der Waals surface area contributed by atoms with Crippen LogP contribution in [0.2, 0.25) is 0 Å². The van der Waals surface area contributed by atoms with Crippen molar-refractivity contribution in [3.05, 3.63) is 52.2 Å². The molecule has 27 heavy (non-hydrogen) atoms. The first-order chi connectivity index (χ1) is 13.3. The van der Waals surface area contributed by atoms with E-state index in [1.54, 1.807) is 18.4 Å². The summed E-state index contributed by atoms with van der Waals surface area (Å²) in [5.41, 5.74) is 2.42. The Morgan fingerprint density at radius 2 is 2.00 bits per heavy atom. The summed E-state index contributed by atoms with van der Waals surface area (Å²) in [7, 11) is 1.65. The van der Waals surface area contributed by atoms with Crippen LogP contribution in [0.5, 0.6) is 5.75 Å². The van der Waals surface area contributed by atoms with E-state index < -0.39 is 0 Å². The Hall–Kier alpha value is -2.09. The molecule has 0 spiro atoms. The van der Waals surface area contributed by atoms with Gasteiger partial charge in [0, 0.05) is 26.2 Å². The molecule has 1 aliphatic rings. The van der Waals surface area contributed by atoms with E-state index in [1.165, 1.54) is 11.1 Å². The molecule has 0 saturated carbocycles. The van der Waals surface area contributed by atoms with Gasteiger partial charge in [-0.2, -0.15) is 11.3 Å². The molecule has 2 heterocycles. The molecule has 1 aliphatic heterocycles. The average Bonchev–Trinajstić information content (AvgIpc) is 3.24. The van der Waals surface area contributed by atoms with Gasteiger partial charge in [-0.1, -0.05) is 12.1 Å². The lowest BCUT2D eigenvalue weighted by molar-refractivity contribution is 0.0168. The number of hydrogen-bond donors (Lipinski definition) is 2. The second kappa shape index (κ2) is 10.3. The molecule has 0 radical (unpaired) electrons. The van der Waals surface area contributed by atoms with Gasteiger partial charge in [-0.05, 0) is 46.5 Å². The zero-order chi connectivity index (χ0) is 18.9. The number of nitrogens with zero attached hydrogens (tertiary/aromatic N) is 1. The van der Waals surface area contributed by atoms with Crippen molar-refractivity contribution in [2.24, 2.45) is 0 Å². The topological polar surface area (TPSA) is 62.8 Å². The number of ether oxygens (including phenoxy) is 2. The Bertz CT molecular complexity index is 685. The van der Waals surface area contributed by atoms with Gasteiger partial charge < -0.3 is 20.1 Å². The van der Waals surface area contributed by atoms with Crippen LogP contribution in [0.15, 0.2) is 41.1 Å². The number of carbonyl (C=O) groups excluding carboxylic acids is 1. The monoisotopic (exact) mass is 389 g/mol. The van der Waals surface area contributed by atoms with E-state index in [2.05, 4.69) is 32.4 Å². The van der Waals surface area contributed by atoms with Crippen molar-refractivity contribution in [2.75, 3.05) is 46.5 Å². The molecule has 1 aromatic heterocycles. The summed E-state index contributed by atoms with van der Waals surface area (Å²) >= 11 is 1.69. The average molecular weight is 390 g/mol. The van der Waals surface area contributed by atoms with E-state index in [0.29, 0.717) is 13.1 Å². The Morgan fingerprint density at radius 1 is 1.22 bits per heavy atom. The molecule has 2 N–H and O–H groups in total. The molecule has 1 saturated heterocycles. The standard InChI is InChI=1S/C20H27N3O3S/c1-25-18-4-2-16(3-5-18)6-8-21-20(24)22-14-19(17-7-13-27-15-17)23-9-11-26-12-10-23/h2-5,7,13,15,19H,6,8-12,14H2,1H3,(H2,21,22,24). The van der Waals surface area contributed by atoms with Crippen molar-refractivity contribution in [3.8, 4) is 5.75 Å². The normalized spacial score (nSPS) is 15.9. The molecular weight excluding hydrogens is 362 g/mol. The van der Waals surface area contributed by atoms with Gasteiger partial charge in [-0.25, -0.2) is 4.79 Å². The third-order valence-electron chi connectivity index (χ3n) is 4.73. The maximum Gasteiger partial charge on any atom is 0.314 e. The van der Waals surface area contributed by atoms with Gasteiger partial charge in [0.2, 0.25) is 0 Å². The van der Waals surface area contributed by atoms with Gasteiger partial charge in [0.15, 0.2) is 0 Å². The highest BCUT2D eigenvalue weighted by Gasteiger charge is 2.23. The zero-order valence-electron chi connectivity index (χ0n) is 15.6. The largest absolute Gasteiger partial charge is 0.497 e. The molecule has 146 valence electrons. The summed E-state index contributed by atoms with van der Waals surface area (Å²) in [5, 5.41) is 10.2. The summed E-state index contributed by atoms with van der Waals surface area (Å²) in [6, 6.07) is 10.1. The van der Waals surface area contributed by atoms with E-state index in [-0.39, 0.29) is 12.1 Å². The Balaban J connectivity index is 1.44. The minimum atomic E-state index is -0.128. The molecule has 2 amide bonds. The SMILES string of the molecule is COc1ccc(CCNC(=O)NCC(c2ccsc2)N2CCOCC2)cc1. The number of methoxy groups -OCH3 is 1. The van der Waals surface area contributed by atoms with Gasteiger partial charge in [0.25, 0.3) is 0 Å². The Kier molecular flexibility index (Phi) is 7.50. The molecular formula is C20H27N3O3S. The van der Waals surface area contributed by atoms with E-state index in [4.69, 9.17) is 9.47 Å². The molecule has 2 aromatic rings. The fourth-order valence-electron chi connectivity index (χ4n) is 3.18. The van der Waals surface area contributed by atoms with Crippen LogP contribution in [0.3, 0.4) is 0 Å². The molecule has 7 heteroatoms. The van der Waals surface area contributed by atoms with Crippen molar-refractivity contribution in [3.63, 3.8) is 0 Å². The summed E-state index contributed by atoms with van der Waals surface area (Å²) in [4.78, 5) is 14.6. The lowest BCUT2D eigenvalue weighted by Crippen LogP contribution is -2.45. The van der Waals surface area contributed by atoms with Crippen LogP contribution >= 0.6 is 11.3 Å². The number of morpholine rings is 1. The minimum Gasteiger partial charge on any atom is -0.497 e.